The van der Waals surface area contributed by atoms with Gasteiger partial charge in [0.1, 0.15) is 20.7 Å². The van der Waals surface area contributed by atoms with Gasteiger partial charge >= 0.3 is 18.1 Å². The average Bonchev–Trinajstić information content (AvgIpc) is 3.19. The fourth-order valence-corrected chi connectivity index (χ4v) is 7.98. The summed E-state index contributed by atoms with van der Waals surface area (Å²) in [4.78, 5) is 24.6. The fraction of sp³-hybridized carbons (Fsp3) is 0.286. The molecule has 2 aromatic heterocycles. The van der Waals surface area contributed by atoms with E-state index >= 15 is 0 Å². The summed E-state index contributed by atoms with van der Waals surface area (Å²) >= 11 is 1.44. The van der Waals surface area contributed by atoms with E-state index in [4.69, 9.17) is 0 Å². The molecule has 0 aliphatic heterocycles. The van der Waals surface area contributed by atoms with Gasteiger partial charge < -0.3 is 14.7 Å². The van der Waals surface area contributed by atoms with Crippen molar-refractivity contribution in [3.8, 4) is 10.6 Å². The lowest BCUT2D eigenvalue weighted by molar-refractivity contribution is -0.155. The molecule has 0 bridgehead atoms. The second-order valence-corrected chi connectivity index (χ2v) is 11.9. The third-order valence-electron chi connectivity index (χ3n) is 5.94. The first-order valence-electron chi connectivity index (χ1n) is 10.0. The first-order valence-corrected chi connectivity index (χ1v) is 13.6. The van der Waals surface area contributed by atoms with Gasteiger partial charge in [-0.3, -0.25) is 9.59 Å². The average molecular weight is 563 g/mol. The van der Waals surface area contributed by atoms with Crippen LogP contribution in [0.5, 0.6) is 0 Å². The number of rotatable bonds is 9. The van der Waals surface area contributed by atoms with Crippen LogP contribution in [0.15, 0.2) is 57.3 Å². The second kappa shape index (κ2) is 8.90. The monoisotopic (exact) mass is 562 g/mol. The minimum absolute atomic E-state index is 0.0386. The molecular weight excluding hydrogens is 545 g/mol. The Kier molecular flexibility index (Phi) is 6.47. The number of aliphatic carboxylic acids is 2. The SMILES string of the molecule is CSC(C(=O)O)[C@@]1(c2ccccc2)C[C@]1(NS(=O)(=O)c1ccc(-c2cc(C(F)(F)F)on2)s1)C(=O)O. The highest BCUT2D eigenvalue weighted by molar-refractivity contribution is 8.00. The van der Waals surface area contributed by atoms with Gasteiger partial charge in [0.2, 0.25) is 5.76 Å². The molecule has 0 amide bonds. The lowest BCUT2D eigenvalue weighted by Gasteiger charge is -2.28. The third kappa shape index (κ3) is 4.19. The van der Waals surface area contributed by atoms with Crippen LogP contribution < -0.4 is 4.72 Å². The van der Waals surface area contributed by atoms with Gasteiger partial charge in [0.25, 0.3) is 10.0 Å². The summed E-state index contributed by atoms with van der Waals surface area (Å²) in [5, 5.41) is 22.0. The molecule has 2 heterocycles. The number of nitrogens with one attached hydrogen (secondary N) is 1. The first-order chi connectivity index (χ1) is 16.8. The molecule has 1 saturated carbocycles. The number of sulfonamides is 1. The van der Waals surface area contributed by atoms with E-state index in [2.05, 4.69) is 14.4 Å². The fourth-order valence-electron chi connectivity index (χ4n) is 4.28. The topological polar surface area (TPSA) is 147 Å². The Morgan fingerprint density at radius 2 is 1.86 bits per heavy atom. The van der Waals surface area contributed by atoms with Crippen molar-refractivity contribution in [3.05, 3.63) is 59.9 Å². The van der Waals surface area contributed by atoms with Crippen molar-refractivity contribution in [1.29, 1.82) is 0 Å². The number of carboxylic acid groups (broad SMARTS) is 2. The summed E-state index contributed by atoms with van der Waals surface area (Å²) in [5.74, 6) is -4.22. The van der Waals surface area contributed by atoms with Crippen LogP contribution in [-0.4, -0.2) is 52.8 Å². The summed E-state index contributed by atoms with van der Waals surface area (Å²) < 4.78 is 71.0. The lowest BCUT2D eigenvalue weighted by Crippen LogP contribution is -2.52. The van der Waals surface area contributed by atoms with E-state index in [1.807, 2.05) is 0 Å². The van der Waals surface area contributed by atoms with Gasteiger partial charge in [0.15, 0.2) is 0 Å². The number of halogens is 3. The molecule has 9 nitrogen and oxygen atoms in total. The van der Waals surface area contributed by atoms with Crippen LogP contribution in [0.1, 0.15) is 17.7 Å². The molecule has 15 heteroatoms. The first kappa shape index (κ1) is 26.2. The number of nitrogens with zero attached hydrogens (tertiary/aromatic N) is 1. The molecule has 3 atom stereocenters. The molecule has 36 heavy (non-hydrogen) atoms. The molecule has 3 aromatic rings. The van der Waals surface area contributed by atoms with Crippen LogP contribution in [0.3, 0.4) is 0 Å². The molecule has 0 saturated heterocycles. The number of alkyl halides is 3. The standard InChI is InChI=1S/C21H17F3N2O7S3/c1-34-16(17(27)28)19(11-5-3-2-4-6-11)10-20(19,18(29)30)26-36(31,32)15-8-7-13(35-15)12-9-14(33-25-12)21(22,23)24/h2-9,16,26H,10H2,1H3,(H,27,28)(H,29,30)/t16?,19-,20-/m0/s1. The Bertz CT molecular complexity index is 1420. The van der Waals surface area contributed by atoms with Crippen LogP contribution in [0.2, 0.25) is 0 Å². The summed E-state index contributed by atoms with van der Waals surface area (Å²) in [7, 11) is -4.55. The molecule has 1 aromatic carbocycles. The highest BCUT2D eigenvalue weighted by Crippen LogP contribution is 2.63. The van der Waals surface area contributed by atoms with Gasteiger partial charge in [-0.1, -0.05) is 35.5 Å². The van der Waals surface area contributed by atoms with Crippen molar-refractivity contribution in [2.24, 2.45) is 0 Å². The number of hydrogen-bond acceptors (Lipinski definition) is 8. The number of carbonyl (C=O) groups is 2. The summed E-state index contributed by atoms with van der Waals surface area (Å²) in [6.07, 6.45) is -3.62. The molecule has 1 fully saturated rings. The molecular formula is C21H17F3N2O7S3. The van der Waals surface area contributed by atoms with Gasteiger partial charge in [0.05, 0.1) is 10.3 Å². The number of thioether (sulfide) groups is 1. The van der Waals surface area contributed by atoms with E-state index < -0.39 is 50.1 Å². The zero-order valence-electron chi connectivity index (χ0n) is 18.1. The smallest absolute Gasteiger partial charge is 0.452 e. The van der Waals surface area contributed by atoms with Crippen LogP contribution in [0.4, 0.5) is 13.2 Å². The Morgan fingerprint density at radius 3 is 2.39 bits per heavy atom. The highest BCUT2D eigenvalue weighted by Gasteiger charge is 2.79. The maximum Gasteiger partial charge on any atom is 0.452 e. The van der Waals surface area contributed by atoms with Crippen molar-refractivity contribution < 1.29 is 45.9 Å². The second-order valence-electron chi connectivity index (χ2n) is 7.98. The summed E-state index contributed by atoms with van der Waals surface area (Å²) in [6.45, 7) is 0. The van der Waals surface area contributed by atoms with E-state index in [0.717, 1.165) is 17.8 Å². The third-order valence-corrected chi connectivity index (χ3v) is 10.1. The van der Waals surface area contributed by atoms with Gasteiger partial charge in [-0.05, 0) is 30.4 Å². The number of benzene rings is 1. The molecule has 0 spiro atoms. The zero-order chi connectivity index (χ0) is 26.5. The van der Waals surface area contributed by atoms with E-state index in [0.29, 0.717) is 23.0 Å². The van der Waals surface area contributed by atoms with Crippen molar-refractivity contribution in [1.82, 2.24) is 9.88 Å². The molecule has 0 radical (unpaired) electrons. The Labute approximate surface area is 210 Å². The number of hydrogen-bond donors (Lipinski definition) is 3. The predicted octanol–water partition coefficient (Wildman–Crippen LogP) is 3.68. The molecule has 4 rings (SSSR count). The zero-order valence-corrected chi connectivity index (χ0v) is 20.6. The molecule has 3 N–H and O–H groups in total. The van der Waals surface area contributed by atoms with Crippen molar-refractivity contribution in [2.45, 2.75) is 33.0 Å². The Hall–Kier alpha value is -2.88. The minimum Gasteiger partial charge on any atom is -0.480 e. The lowest BCUT2D eigenvalue weighted by atomic mass is 9.87. The minimum atomic E-state index is -4.78. The summed E-state index contributed by atoms with van der Waals surface area (Å²) in [5.41, 5.74) is -3.70. The van der Waals surface area contributed by atoms with E-state index in [9.17, 15) is 41.4 Å². The Balaban J connectivity index is 1.73. The van der Waals surface area contributed by atoms with E-state index in [1.165, 1.54) is 24.5 Å². The Morgan fingerprint density at radius 1 is 1.19 bits per heavy atom. The van der Waals surface area contributed by atoms with E-state index in [-0.39, 0.29) is 21.2 Å². The van der Waals surface area contributed by atoms with Crippen molar-refractivity contribution >= 4 is 45.1 Å². The summed E-state index contributed by atoms with van der Waals surface area (Å²) in [6, 6.07) is 10.8. The predicted molar refractivity (Wildman–Crippen MR) is 123 cm³/mol. The number of aromatic nitrogens is 1. The van der Waals surface area contributed by atoms with E-state index in [1.54, 1.807) is 18.2 Å². The van der Waals surface area contributed by atoms with Crippen LogP contribution in [0, 0.1) is 0 Å². The maximum atomic E-state index is 13.3. The van der Waals surface area contributed by atoms with Crippen LogP contribution >= 0.6 is 23.1 Å². The normalized spacial score (nSPS) is 22.8. The largest absolute Gasteiger partial charge is 0.480 e. The van der Waals surface area contributed by atoms with Crippen LogP contribution in [-0.2, 0) is 31.2 Å². The molecule has 1 aliphatic carbocycles. The molecule has 1 unspecified atom stereocenters. The quantitative estimate of drug-likeness (QED) is 0.355. The van der Waals surface area contributed by atoms with Crippen molar-refractivity contribution in [3.63, 3.8) is 0 Å². The van der Waals surface area contributed by atoms with Gasteiger partial charge in [0, 0.05) is 6.07 Å². The van der Waals surface area contributed by atoms with Crippen molar-refractivity contribution in [2.75, 3.05) is 6.26 Å². The molecule has 192 valence electrons. The van der Waals surface area contributed by atoms with Crippen LogP contribution in [0.25, 0.3) is 10.6 Å². The van der Waals surface area contributed by atoms with Gasteiger partial charge in [-0.25, -0.2) is 8.42 Å². The number of carboxylic acids is 2. The maximum absolute atomic E-state index is 13.3. The molecule has 1 aliphatic rings. The van der Waals surface area contributed by atoms with Gasteiger partial charge in [-0.2, -0.15) is 17.9 Å². The van der Waals surface area contributed by atoms with Gasteiger partial charge in [-0.15, -0.1) is 23.1 Å². The highest BCUT2D eigenvalue weighted by atomic mass is 32.2. The number of thiophene rings is 1.